The highest BCUT2D eigenvalue weighted by Gasteiger charge is 2.29. The van der Waals surface area contributed by atoms with Crippen LogP contribution in [0.15, 0.2) is 104 Å². The van der Waals surface area contributed by atoms with Gasteiger partial charge in [0.25, 0.3) is 0 Å². The molecule has 1 fully saturated rings. The molecule has 0 unspecified atom stereocenters. The van der Waals surface area contributed by atoms with Crippen LogP contribution in [0.3, 0.4) is 0 Å². The number of aromatic nitrogens is 5. The average molecular weight is 872 g/mol. The topological polar surface area (TPSA) is 137 Å². The van der Waals surface area contributed by atoms with Gasteiger partial charge in [-0.25, -0.2) is 29.1 Å². The number of halogens is 2. The van der Waals surface area contributed by atoms with Crippen LogP contribution in [0.25, 0.3) is 44.8 Å². The predicted octanol–water partition coefficient (Wildman–Crippen LogP) is 8.15. The first-order valence-electron chi connectivity index (χ1n) is 20.6. The van der Waals surface area contributed by atoms with Crippen molar-refractivity contribution in [1.82, 2.24) is 34.3 Å². The third-order valence-corrected chi connectivity index (χ3v) is 11.7. The Morgan fingerprint density at radius 3 is 2.37 bits per heavy atom. The third-order valence-electron chi connectivity index (χ3n) is 11.3. The minimum atomic E-state index is -1.40. The maximum absolute atomic E-state index is 14.3. The highest BCUT2D eigenvalue weighted by atomic mass is 35.5. The molecular weight excluding hydrogens is 825 g/mol. The van der Waals surface area contributed by atoms with E-state index < -0.39 is 12.1 Å². The van der Waals surface area contributed by atoms with E-state index in [1.54, 1.807) is 43.6 Å². The second-order valence-corrected chi connectivity index (χ2v) is 15.7. The number of carboxylic acid groups (broad SMARTS) is 1. The largest absolute Gasteiger partial charge is 0.496 e. The van der Waals surface area contributed by atoms with Crippen molar-refractivity contribution in [3.63, 3.8) is 0 Å². The summed E-state index contributed by atoms with van der Waals surface area (Å²) in [7, 11) is 5.56. The zero-order valence-corrected chi connectivity index (χ0v) is 36.2. The van der Waals surface area contributed by atoms with Crippen LogP contribution in [-0.2, 0) is 24.9 Å². The van der Waals surface area contributed by atoms with Gasteiger partial charge in [-0.15, -0.1) is 0 Å². The van der Waals surface area contributed by atoms with Gasteiger partial charge in [-0.05, 0) is 90.8 Å². The number of aryl methyl sites for hydroxylation is 1. The lowest BCUT2D eigenvalue weighted by Crippen LogP contribution is -2.45. The van der Waals surface area contributed by atoms with Crippen molar-refractivity contribution >= 4 is 28.6 Å². The maximum Gasteiger partial charge on any atom is 0.345 e. The number of likely N-dealkylation sites (N-methyl/N-ethyl adjacent to an activating group) is 1. The second kappa shape index (κ2) is 19.2. The van der Waals surface area contributed by atoms with Gasteiger partial charge < -0.3 is 33.5 Å². The van der Waals surface area contributed by atoms with Crippen LogP contribution in [0.4, 0.5) is 4.39 Å². The Morgan fingerprint density at radius 1 is 0.857 bits per heavy atom. The second-order valence-electron chi connectivity index (χ2n) is 15.3. The van der Waals surface area contributed by atoms with Gasteiger partial charge >= 0.3 is 5.97 Å². The van der Waals surface area contributed by atoms with Crippen molar-refractivity contribution in [3.8, 4) is 56.9 Å². The lowest BCUT2D eigenvalue weighted by atomic mass is 9.95. The molecule has 0 aliphatic carbocycles. The lowest BCUT2D eigenvalue weighted by Gasteiger charge is -2.32. The zero-order valence-electron chi connectivity index (χ0n) is 35.4. The summed E-state index contributed by atoms with van der Waals surface area (Å²) in [5.74, 6) is 0.603. The molecular formula is C48H47ClFN7O6. The number of aliphatic carboxylic acids is 1. The van der Waals surface area contributed by atoms with Crippen molar-refractivity contribution in [2.45, 2.75) is 26.1 Å². The van der Waals surface area contributed by atoms with Gasteiger partial charge in [0.05, 0.1) is 34.5 Å². The summed E-state index contributed by atoms with van der Waals surface area (Å²) in [4.78, 5) is 36.1. The molecule has 63 heavy (non-hydrogen) atoms. The molecule has 1 atom stereocenters. The maximum atomic E-state index is 14.3. The molecule has 4 aromatic carbocycles. The van der Waals surface area contributed by atoms with E-state index in [0.29, 0.717) is 73.8 Å². The number of para-hydroxylation sites is 2. The number of fused-ring (bicyclic) bond motifs is 1. The molecule has 1 N–H and O–H groups in total. The summed E-state index contributed by atoms with van der Waals surface area (Å²) < 4.78 is 40.6. The third kappa shape index (κ3) is 9.43. The number of benzene rings is 4. The van der Waals surface area contributed by atoms with Crippen LogP contribution in [0, 0.1) is 12.7 Å². The van der Waals surface area contributed by atoms with Crippen molar-refractivity contribution in [2.75, 3.05) is 53.5 Å². The summed E-state index contributed by atoms with van der Waals surface area (Å²) >= 11 is 7.08. The average Bonchev–Trinajstić information content (AvgIpc) is 3.60. The number of ether oxygens (including phenoxy) is 4. The number of carbonyl (C=O) groups is 1. The van der Waals surface area contributed by atoms with Crippen LogP contribution < -0.4 is 18.9 Å². The van der Waals surface area contributed by atoms with Crippen molar-refractivity contribution in [2.24, 2.45) is 7.05 Å². The lowest BCUT2D eigenvalue weighted by molar-refractivity contribution is -0.145. The van der Waals surface area contributed by atoms with E-state index in [0.717, 1.165) is 49.4 Å². The molecule has 324 valence electrons. The van der Waals surface area contributed by atoms with Crippen LogP contribution in [0.1, 0.15) is 16.8 Å². The molecule has 13 nitrogen and oxygen atoms in total. The van der Waals surface area contributed by atoms with E-state index in [9.17, 15) is 14.3 Å². The summed E-state index contributed by atoms with van der Waals surface area (Å²) in [6.45, 7) is 7.22. The number of rotatable bonds is 16. The van der Waals surface area contributed by atoms with Gasteiger partial charge in [-0.2, -0.15) is 0 Å². The molecule has 0 radical (unpaired) electrons. The van der Waals surface area contributed by atoms with Gasteiger partial charge in [0.15, 0.2) is 5.82 Å². The van der Waals surface area contributed by atoms with E-state index in [2.05, 4.69) is 31.8 Å². The number of hydrogen-bond donors (Lipinski definition) is 1. The van der Waals surface area contributed by atoms with Crippen LogP contribution in [0.2, 0.25) is 5.02 Å². The van der Waals surface area contributed by atoms with E-state index >= 15 is 0 Å². The molecule has 7 aromatic rings. The van der Waals surface area contributed by atoms with Crippen LogP contribution in [0.5, 0.6) is 23.1 Å². The summed E-state index contributed by atoms with van der Waals surface area (Å²) in [5, 5.41) is 11.6. The van der Waals surface area contributed by atoms with E-state index in [1.807, 2.05) is 67.1 Å². The SMILES string of the molecule is COc1ccccc1-c1nccc(COc2ccccc2C[C@@H](Oc2ncnc3c2c(-c2ccc(OCCN4CCN(C)CC4)c(Cl)c2C)c(-c2ccc(F)cc2)n3C)C(=O)O)n1. The highest BCUT2D eigenvalue weighted by Crippen LogP contribution is 2.46. The molecule has 1 saturated heterocycles. The smallest absolute Gasteiger partial charge is 0.345 e. The van der Waals surface area contributed by atoms with Crippen LogP contribution in [-0.4, -0.2) is 105 Å². The quantitative estimate of drug-likeness (QED) is 0.100. The summed E-state index contributed by atoms with van der Waals surface area (Å²) in [5.41, 5.74) is 5.89. The molecule has 0 spiro atoms. The molecule has 4 heterocycles. The fourth-order valence-corrected chi connectivity index (χ4v) is 8.06. The minimum absolute atomic E-state index is 0.0534. The number of methoxy groups -OCH3 is 1. The van der Waals surface area contributed by atoms with Crippen molar-refractivity contribution < 1.29 is 33.2 Å². The Morgan fingerprint density at radius 2 is 1.60 bits per heavy atom. The van der Waals surface area contributed by atoms with Crippen molar-refractivity contribution in [3.05, 3.63) is 131 Å². The highest BCUT2D eigenvalue weighted by molar-refractivity contribution is 6.33. The summed E-state index contributed by atoms with van der Waals surface area (Å²) in [6.07, 6.45) is 1.53. The van der Waals surface area contributed by atoms with E-state index in [4.69, 9.17) is 35.5 Å². The van der Waals surface area contributed by atoms with Gasteiger partial charge in [0.2, 0.25) is 12.0 Å². The van der Waals surface area contributed by atoms with E-state index in [1.165, 1.54) is 18.5 Å². The minimum Gasteiger partial charge on any atom is -0.496 e. The molecule has 3 aromatic heterocycles. The molecule has 1 aliphatic heterocycles. The Balaban J connectivity index is 1.10. The Bertz CT molecular complexity index is 2740. The monoisotopic (exact) mass is 871 g/mol. The molecule has 0 saturated carbocycles. The molecule has 0 bridgehead atoms. The summed E-state index contributed by atoms with van der Waals surface area (Å²) in [6, 6.07) is 26.3. The normalized spacial score (nSPS) is 13.8. The zero-order chi connectivity index (χ0) is 44.0. The van der Waals surface area contributed by atoms with Crippen molar-refractivity contribution in [1.29, 1.82) is 0 Å². The number of hydrogen-bond acceptors (Lipinski definition) is 11. The Hall–Kier alpha value is -6.61. The predicted molar refractivity (Wildman–Crippen MR) is 239 cm³/mol. The number of piperazine rings is 1. The van der Waals surface area contributed by atoms with E-state index in [-0.39, 0.29) is 24.7 Å². The fraction of sp³-hybridized carbons (Fsp3) is 0.271. The van der Waals surface area contributed by atoms with Gasteiger partial charge in [-0.1, -0.05) is 48.0 Å². The number of nitrogens with zero attached hydrogens (tertiary/aromatic N) is 7. The van der Waals surface area contributed by atoms with Gasteiger partial charge in [0.1, 0.15) is 48.3 Å². The number of carboxylic acids is 1. The molecule has 1 aliphatic rings. The Kier molecular flexibility index (Phi) is 13.1. The molecule has 8 rings (SSSR count). The fourth-order valence-electron chi connectivity index (χ4n) is 7.84. The standard InChI is InChI=1S/C48H47ClFN7O6/c1-30-35(17-18-39(43(30)49)61-26-25-57-23-21-55(2)22-24-57)41-42-46(56(3)44(41)31-13-15-33(50)16-14-31)52-29-53-47(42)63-40(48(58)59)27-32-9-5-7-11-37(32)62-28-34-19-20-51-45(54-34)36-10-6-8-12-38(36)60-4/h5-20,29,40H,21-28H2,1-4H3,(H,58,59)/t40-/m1/s1. The van der Waals surface area contributed by atoms with Crippen LogP contribution >= 0.6 is 11.6 Å². The van der Waals surface area contributed by atoms with Gasteiger partial charge in [0, 0.05) is 58.0 Å². The Labute approximate surface area is 369 Å². The van der Waals surface area contributed by atoms with Gasteiger partial charge in [-0.3, -0.25) is 4.90 Å². The first kappa shape index (κ1) is 43.1. The molecule has 0 amide bonds. The molecule has 15 heteroatoms. The first-order valence-corrected chi connectivity index (χ1v) is 20.9. The first-order chi connectivity index (χ1) is 30.6.